The van der Waals surface area contributed by atoms with E-state index in [-0.39, 0.29) is 16.7 Å². The Hall–Kier alpha value is -1.79. The van der Waals surface area contributed by atoms with E-state index in [0.717, 1.165) is 16.3 Å². The minimum Gasteiger partial charge on any atom is -0.311 e. The van der Waals surface area contributed by atoms with Crippen molar-refractivity contribution >= 4 is 17.0 Å². The van der Waals surface area contributed by atoms with Gasteiger partial charge in [0, 0.05) is 23.4 Å². The Balaban J connectivity index is 2.26. The molecule has 0 bridgehead atoms. The zero-order valence-electron chi connectivity index (χ0n) is 10.8. The molecule has 0 fully saturated rings. The molecule has 0 radical (unpaired) electrons. The van der Waals surface area contributed by atoms with E-state index < -0.39 is 0 Å². The monoisotopic (exact) mass is 277 g/mol. The Morgan fingerprint density at radius 2 is 2.21 bits per heavy atom. The van der Waals surface area contributed by atoms with Crippen molar-refractivity contribution in [2.75, 3.05) is 7.05 Å². The van der Waals surface area contributed by atoms with Crippen molar-refractivity contribution in [3.05, 3.63) is 56.0 Å². The maximum absolute atomic E-state index is 11.0. The Morgan fingerprint density at radius 1 is 1.47 bits per heavy atom. The Kier molecular flexibility index (Phi) is 4.24. The van der Waals surface area contributed by atoms with E-state index in [1.165, 1.54) is 6.07 Å². The third-order valence-corrected chi connectivity index (χ3v) is 3.75. The van der Waals surface area contributed by atoms with Gasteiger partial charge in [0.05, 0.1) is 21.7 Å². The van der Waals surface area contributed by atoms with Crippen LogP contribution in [0.1, 0.15) is 22.3 Å². The number of nitro benzene ring substituents is 1. The highest BCUT2D eigenvalue weighted by Crippen LogP contribution is 2.25. The number of aryl methyl sites for hydroxylation is 1. The first kappa shape index (κ1) is 13.6. The molecule has 2 aromatic rings. The van der Waals surface area contributed by atoms with E-state index in [9.17, 15) is 10.1 Å². The van der Waals surface area contributed by atoms with E-state index in [1.807, 2.05) is 25.4 Å². The van der Waals surface area contributed by atoms with Crippen LogP contribution in [-0.2, 0) is 6.42 Å². The van der Waals surface area contributed by atoms with Gasteiger partial charge in [0.15, 0.2) is 0 Å². The summed E-state index contributed by atoms with van der Waals surface area (Å²) in [5, 5.41) is 17.2. The fourth-order valence-corrected chi connectivity index (χ4v) is 2.64. The molecule has 0 saturated heterocycles. The molecule has 1 N–H and O–H groups in total. The average Bonchev–Trinajstić information content (AvgIpc) is 2.82. The van der Waals surface area contributed by atoms with Crippen molar-refractivity contribution in [2.45, 2.75) is 19.4 Å². The van der Waals surface area contributed by atoms with Crippen LogP contribution in [0.3, 0.4) is 0 Å². The molecule has 1 atom stereocenters. The summed E-state index contributed by atoms with van der Waals surface area (Å²) in [4.78, 5) is 15.1. The van der Waals surface area contributed by atoms with Crippen molar-refractivity contribution in [1.82, 2.24) is 10.3 Å². The van der Waals surface area contributed by atoms with Gasteiger partial charge in [-0.1, -0.05) is 18.2 Å². The number of nitro groups is 1. The fraction of sp³-hybridized carbons (Fsp3) is 0.308. The molecule has 2 rings (SSSR count). The summed E-state index contributed by atoms with van der Waals surface area (Å²) in [5.41, 5.74) is 1.82. The van der Waals surface area contributed by atoms with Crippen LogP contribution in [0, 0.1) is 17.0 Å². The van der Waals surface area contributed by atoms with Gasteiger partial charge in [0.2, 0.25) is 0 Å². The predicted molar refractivity (Wildman–Crippen MR) is 75.5 cm³/mol. The van der Waals surface area contributed by atoms with Crippen molar-refractivity contribution in [3.63, 3.8) is 0 Å². The van der Waals surface area contributed by atoms with Crippen LogP contribution in [0.5, 0.6) is 0 Å². The maximum atomic E-state index is 11.0. The SMILES string of the molecule is CNC(Cc1ccccc1[N+](=O)[O-])c1csc(C)n1. The predicted octanol–water partition coefficient (Wildman–Crippen LogP) is 2.86. The van der Waals surface area contributed by atoms with Gasteiger partial charge in [-0.3, -0.25) is 10.1 Å². The zero-order valence-corrected chi connectivity index (χ0v) is 11.6. The molecule has 1 aromatic heterocycles. The minimum absolute atomic E-state index is 0.00829. The summed E-state index contributed by atoms with van der Waals surface area (Å²) in [5.74, 6) is 0. The molecule has 0 aliphatic rings. The second kappa shape index (κ2) is 5.90. The van der Waals surface area contributed by atoms with E-state index in [4.69, 9.17) is 0 Å². The smallest absolute Gasteiger partial charge is 0.272 e. The molecule has 0 saturated carbocycles. The van der Waals surface area contributed by atoms with Crippen LogP contribution in [0.2, 0.25) is 0 Å². The van der Waals surface area contributed by atoms with E-state index in [1.54, 1.807) is 23.5 Å². The van der Waals surface area contributed by atoms with Crippen molar-refractivity contribution in [1.29, 1.82) is 0 Å². The summed E-state index contributed by atoms with van der Waals surface area (Å²) in [7, 11) is 1.84. The minimum atomic E-state index is -0.339. The molecule has 1 unspecified atom stereocenters. The van der Waals surface area contributed by atoms with Crippen molar-refractivity contribution in [3.8, 4) is 0 Å². The van der Waals surface area contributed by atoms with E-state index in [2.05, 4.69) is 10.3 Å². The fourth-order valence-electron chi connectivity index (χ4n) is 1.98. The zero-order chi connectivity index (χ0) is 13.8. The molecule has 1 aromatic carbocycles. The van der Waals surface area contributed by atoms with Gasteiger partial charge in [-0.05, 0) is 14.0 Å². The summed E-state index contributed by atoms with van der Waals surface area (Å²) < 4.78 is 0. The van der Waals surface area contributed by atoms with Crippen LogP contribution in [0.25, 0.3) is 0 Å². The second-order valence-electron chi connectivity index (χ2n) is 4.22. The lowest BCUT2D eigenvalue weighted by Gasteiger charge is -2.13. The summed E-state index contributed by atoms with van der Waals surface area (Å²) in [6.07, 6.45) is 0.552. The highest BCUT2D eigenvalue weighted by atomic mass is 32.1. The molecule has 0 spiro atoms. The van der Waals surface area contributed by atoms with Gasteiger partial charge < -0.3 is 5.32 Å². The molecule has 6 heteroatoms. The van der Waals surface area contributed by atoms with Gasteiger partial charge in [0.1, 0.15) is 0 Å². The Labute approximate surface area is 115 Å². The summed E-state index contributed by atoms with van der Waals surface area (Å²) >= 11 is 1.58. The summed E-state index contributed by atoms with van der Waals surface area (Å²) in [6, 6.07) is 6.83. The van der Waals surface area contributed by atoms with Gasteiger partial charge in [-0.15, -0.1) is 11.3 Å². The van der Waals surface area contributed by atoms with Crippen molar-refractivity contribution in [2.24, 2.45) is 0 Å². The quantitative estimate of drug-likeness (QED) is 0.674. The van der Waals surface area contributed by atoms with Gasteiger partial charge in [-0.2, -0.15) is 0 Å². The van der Waals surface area contributed by atoms with Crippen LogP contribution in [0.4, 0.5) is 5.69 Å². The number of hydrogen-bond donors (Lipinski definition) is 1. The maximum Gasteiger partial charge on any atom is 0.272 e. The van der Waals surface area contributed by atoms with Crippen LogP contribution in [0.15, 0.2) is 29.6 Å². The number of para-hydroxylation sites is 1. The number of likely N-dealkylation sites (N-methyl/N-ethyl adjacent to an activating group) is 1. The lowest BCUT2D eigenvalue weighted by atomic mass is 10.0. The number of thiazole rings is 1. The third-order valence-electron chi connectivity index (χ3n) is 2.95. The topological polar surface area (TPSA) is 68.1 Å². The molecule has 0 aliphatic heterocycles. The van der Waals surface area contributed by atoms with Crippen LogP contribution < -0.4 is 5.32 Å². The number of hydrogen-bond acceptors (Lipinski definition) is 5. The molecule has 0 aliphatic carbocycles. The number of aromatic nitrogens is 1. The molecule has 5 nitrogen and oxygen atoms in total. The normalized spacial score (nSPS) is 12.3. The van der Waals surface area contributed by atoms with Crippen LogP contribution in [-0.4, -0.2) is 17.0 Å². The Morgan fingerprint density at radius 3 is 2.79 bits per heavy atom. The lowest BCUT2D eigenvalue weighted by Crippen LogP contribution is -2.19. The van der Waals surface area contributed by atoms with E-state index >= 15 is 0 Å². The number of rotatable bonds is 5. The summed E-state index contributed by atoms with van der Waals surface area (Å²) in [6.45, 7) is 1.95. The molecule has 19 heavy (non-hydrogen) atoms. The van der Waals surface area contributed by atoms with Crippen molar-refractivity contribution < 1.29 is 4.92 Å². The lowest BCUT2D eigenvalue weighted by molar-refractivity contribution is -0.385. The number of benzene rings is 1. The first-order valence-corrected chi connectivity index (χ1v) is 6.81. The second-order valence-corrected chi connectivity index (χ2v) is 5.28. The molecular formula is C13H15N3O2S. The molecule has 100 valence electrons. The van der Waals surface area contributed by atoms with Gasteiger partial charge in [0.25, 0.3) is 5.69 Å². The third kappa shape index (κ3) is 3.15. The highest BCUT2D eigenvalue weighted by molar-refractivity contribution is 7.09. The molecule has 1 heterocycles. The molecular weight excluding hydrogens is 262 g/mol. The first-order chi connectivity index (χ1) is 9.11. The largest absolute Gasteiger partial charge is 0.311 e. The van der Waals surface area contributed by atoms with E-state index in [0.29, 0.717) is 6.42 Å². The van der Waals surface area contributed by atoms with Crippen LogP contribution >= 0.6 is 11.3 Å². The molecule has 0 amide bonds. The van der Waals surface area contributed by atoms with Gasteiger partial charge >= 0.3 is 0 Å². The Bertz CT molecular complexity index is 583. The van der Waals surface area contributed by atoms with Gasteiger partial charge in [-0.25, -0.2) is 4.98 Å². The average molecular weight is 277 g/mol. The number of nitrogens with one attached hydrogen (secondary N) is 1. The highest BCUT2D eigenvalue weighted by Gasteiger charge is 2.19. The number of nitrogens with zero attached hydrogens (tertiary/aromatic N) is 2. The standard InChI is InChI=1S/C13H15N3O2S/c1-9-15-12(8-19-9)11(14-2)7-10-5-3-4-6-13(10)16(17)18/h3-6,8,11,14H,7H2,1-2H3. The first-order valence-electron chi connectivity index (χ1n) is 5.93.